The van der Waals surface area contributed by atoms with Crippen molar-refractivity contribution < 1.29 is 72.4 Å². The molecular formula is C52H77N3O15S. The van der Waals surface area contributed by atoms with Gasteiger partial charge in [0.15, 0.2) is 25.0 Å². The minimum Gasteiger partial charge on any atom is -0.465 e. The summed E-state index contributed by atoms with van der Waals surface area (Å²) in [6.07, 6.45) is -0.141. The molecule has 6 heterocycles. The summed E-state index contributed by atoms with van der Waals surface area (Å²) in [7, 11) is 6.51. The summed E-state index contributed by atoms with van der Waals surface area (Å²) in [6.45, 7) is 9.31. The standard InChI is InChI=1S/C52H77N3O15S/c1-30-15-17-40(56)31(2)24-36-19-22-63-28-37(54-67-21-12-13-38-16-18-42(71-38)39-14-10-11-20-53-39)29-64-41(32(3)48(36)70-51-47(60)44(55(6)7)45(58)33(4)68-51)25-43(57)65-26-35(23-30)27-66-52-50(62-9)49(61-8)46(59)34(5)69-52/h10-11,14-15,17,20,23,31-36,38,41-42,44-52,58-60H,16,18-19,21-22,24-29H2,1-9H3/b17-15+,30-23+,54-37+/t31-,32+,33-,34-,35+,36?,38?,41-,42?,44+,45-,46-,47-,48-,49-,50-,51+,52-/m1/s1. The van der Waals surface area contributed by atoms with Crippen LogP contribution in [0.4, 0.5) is 0 Å². The van der Waals surface area contributed by atoms with Gasteiger partial charge in [-0.25, -0.2) is 0 Å². The first kappa shape index (κ1) is 57.0. The number of aliphatic hydroxyl groups is 3. The highest BCUT2D eigenvalue weighted by Gasteiger charge is 2.48. The Bertz CT molecular complexity index is 2000. The molecular weight excluding hydrogens is 939 g/mol. The molecule has 396 valence electrons. The number of pyridine rings is 1. The first-order valence-electron chi connectivity index (χ1n) is 24.9. The zero-order valence-corrected chi connectivity index (χ0v) is 43.5. The number of nitrogens with zero attached hydrogens (tertiary/aromatic N) is 3. The number of hydrogen-bond acceptors (Lipinski definition) is 19. The molecule has 4 saturated heterocycles. The van der Waals surface area contributed by atoms with E-state index in [-0.39, 0.29) is 63.0 Å². The number of cyclic esters (lactones) is 1. The molecule has 5 aliphatic heterocycles. The van der Waals surface area contributed by atoms with E-state index in [0.717, 1.165) is 24.1 Å². The van der Waals surface area contributed by atoms with Crippen LogP contribution in [0.5, 0.6) is 0 Å². The molecule has 1 aromatic heterocycles. The molecule has 18 nitrogen and oxygen atoms in total. The lowest BCUT2D eigenvalue weighted by Crippen LogP contribution is -2.63. The summed E-state index contributed by atoms with van der Waals surface area (Å²) in [5, 5.41) is 38.3. The SMILES string of the molecule is CO[C@@H]1[C@H](O)[C@@H](C)O[C@@H](OC[C@H]2/C=C(C)/C=C/C(=O)[C@H](C)CC3CCOC/C(=N\OCC#CC4CCC(c5ccccn5)S4)CO[C@H](CC(=O)OC2)[C@H](C)[C@H]3O[C@@H]2O[C@H](C)[C@@H](O)[C@H](N(C)C)[C@H]2O)[C@@H]1OC. The van der Waals surface area contributed by atoms with E-state index in [4.69, 9.17) is 47.5 Å². The van der Waals surface area contributed by atoms with Gasteiger partial charge in [-0.1, -0.05) is 54.6 Å². The van der Waals surface area contributed by atoms with Gasteiger partial charge in [-0.15, -0.1) is 11.8 Å². The first-order valence-corrected chi connectivity index (χ1v) is 25.8. The molecule has 19 heteroatoms. The predicted octanol–water partition coefficient (Wildman–Crippen LogP) is 4.05. The quantitative estimate of drug-likeness (QED) is 0.123. The summed E-state index contributed by atoms with van der Waals surface area (Å²) >= 11 is 1.80. The van der Waals surface area contributed by atoms with Crippen molar-refractivity contribution in [3.63, 3.8) is 0 Å². The molecule has 2 bridgehead atoms. The van der Waals surface area contributed by atoms with Crippen LogP contribution in [0.25, 0.3) is 0 Å². The summed E-state index contributed by atoms with van der Waals surface area (Å²) in [5.41, 5.74) is 2.24. The molecule has 6 rings (SSSR count). The highest BCUT2D eigenvalue weighted by Crippen LogP contribution is 2.44. The Balaban J connectivity index is 1.25. The number of aromatic nitrogens is 1. The van der Waals surface area contributed by atoms with E-state index >= 15 is 0 Å². The third-order valence-corrected chi connectivity index (χ3v) is 15.5. The van der Waals surface area contributed by atoms with Gasteiger partial charge in [-0.3, -0.25) is 14.6 Å². The third kappa shape index (κ3) is 15.8. The maximum absolute atomic E-state index is 14.1. The summed E-state index contributed by atoms with van der Waals surface area (Å²) in [6, 6.07) is 5.25. The van der Waals surface area contributed by atoms with Crippen LogP contribution in [-0.4, -0.2) is 189 Å². The lowest BCUT2D eigenvalue weighted by atomic mass is 9.79. The fraction of sp³-hybridized carbons (Fsp3) is 0.731. The zero-order chi connectivity index (χ0) is 51.2. The monoisotopic (exact) mass is 1020 g/mol. The van der Waals surface area contributed by atoms with E-state index in [1.54, 1.807) is 56.8 Å². The predicted molar refractivity (Wildman–Crippen MR) is 264 cm³/mol. The summed E-state index contributed by atoms with van der Waals surface area (Å²) < 4.78 is 55.4. The summed E-state index contributed by atoms with van der Waals surface area (Å²) in [4.78, 5) is 40.1. The second-order valence-corrected chi connectivity index (χ2v) is 21.0. The highest BCUT2D eigenvalue weighted by atomic mass is 32.2. The molecule has 18 atom stereocenters. The van der Waals surface area contributed by atoms with Crippen LogP contribution >= 0.6 is 11.8 Å². The van der Waals surface area contributed by atoms with E-state index in [9.17, 15) is 24.9 Å². The average Bonchev–Trinajstić information content (AvgIpc) is 3.82. The van der Waals surface area contributed by atoms with Crippen LogP contribution < -0.4 is 0 Å². The number of methoxy groups -OCH3 is 2. The van der Waals surface area contributed by atoms with Gasteiger partial charge in [0.25, 0.3) is 0 Å². The van der Waals surface area contributed by atoms with Crippen molar-refractivity contribution in [1.29, 1.82) is 0 Å². The van der Waals surface area contributed by atoms with Gasteiger partial charge in [0.05, 0.1) is 80.4 Å². The van der Waals surface area contributed by atoms with Gasteiger partial charge in [0.2, 0.25) is 0 Å². The number of likely N-dealkylation sites (N-methyl/N-ethyl adjacent to an activating group) is 1. The van der Waals surface area contributed by atoms with E-state index < -0.39 is 97.3 Å². The fourth-order valence-electron chi connectivity index (χ4n) is 9.94. The Kier molecular flexibility index (Phi) is 22.3. The Labute approximate surface area is 423 Å². The van der Waals surface area contributed by atoms with Crippen LogP contribution in [0, 0.1) is 35.5 Å². The molecule has 0 spiro atoms. The number of allylic oxidation sites excluding steroid dienone is 3. The molecule has 3 N–H and O–H groups in total. The molecule has 0 radical (unpaired) electrons. The van der Waals surface area contributed by atoms with Crippen molar-refractivity contribution in [3.8, 4) is 11.8 Å². The maximum atomic E-state index is 14.1. The van der Waals surface area contributed by atoms with Gasteiger partial charge in [0.1, 0.15) is 30.1 Å². The van der Waals surface area contributed by atoms with E-state index in [1.807, 2.05) is 51.2 Å². The van der Waals surface area contributed by atoms with Crippen LogP contribution in [0.15, 0.2) is 53.4 Å². The van der Waals surface area contributed by atoms with E-state index in [0.29, 0.717) is 23.8 Å². The largest absolute Gasteiger partial charge is 0.465 e. The molecule has 0 aliphatic carbocycles. The second kappa shape index (κ2) is 27.8. The van der Waals surface area contributed by atoms with Crippen molar-refractivity contribution >= 4 is 29.2 Å². The van der Waals surface area contributed by atoms with Gasteiger partial charge in [-0.05, 0) is 84.7 Å². The maximum Gasteiger partial charge on any atom is 0.308 e. The number of ketones is 1. The lowest BCUT2D eigenvalue weighted by molar-refractivity contribution is -0.305. The van der Waals surface area contributed by atoms with Crippen LogP contribution in [0.3, 0.4) is 0 Å². The molecule has 0 amide bonds. The number of carbonyl (C=O) groups excluding carboxylic acids is 2. The first-order chi connectivity index (χ1) is 34.1. The molecule has 5 aliphatic rings. The minimum absolute atomic E-state index is 0.0284. The molecule has 0 aromatic carbocycles. The number of oxime groups is 1. The number of thioether (sulfide) groups is 1. The van der Waals surface area contributed by atoms with Gasteiger partial charge in [0, 0.05) is 50.0 Å². The van der Waals surface area contributed by atoms with Crippen molar-refractivity contribution in [1.82, 2.24) is 9.88 Å². The zero-order valence-electron chi connectivity index (χ0n) is 42.7. The number of fused-ring (bicyclic) bond motifs is 3. The summed E-state index contributed by atoms with van der Waals surface area (Å²) in [5.74, 6) is 3.85. The number of ether oxygens (including phenoxy) is 9. The van der Waals surface area contributed by atoms with Crippen LogP contribution in [0.2, 0.25) is 0 Å². The van der Waals surface area contributed by atoms with Gasteiger partial charge in [-0.2, -0.15) is 0 Å². The number of hydrogen-bond donors (Lipinski definition) is 3. The topological polar surface area (TPSA) is 216 Å². The van der Waals surface area contributed by atoms with Crippen molar-refractivity contribution in [3.05, 3.63) is 53.9 Å². The normalized spacial score (nSPS) is 40.0. The Hall–Kier alpha value is -3.33. The van der Waals surface area contributed by atoms with Gasteiger partial charge < -0.3 is 67.7 Å². The number of aliphatic hydroxyl groups excluding tert-OH is 3. The number of esters is 1. The lowest BCUT2D eigenvalue weighted by Gasteiger charge is -2.47. The smallest absolute Gasteiger partial charge is 0.308 e. The minimum atomic E-state index is -1.25. The van der Waals surface area contributed by atoms with Gasteiger partial charge >= 0.3 is 5.97 Å². The second-order valence-electron chi connectivity index (χ2n) is 19.6. The highest BCUT2D eigenvalue weighted by molar-refractivity contribution is 8.00. The Morgan fingerprint density at radius 3 is 2.41 bits per heavy atom. The number of carbonyl (C=O) groups is 2. The fourth-order valence-corrected chi connectivity index (χ4v) is 11.3. The van der Waals surface area contributed by atoms with Crippen molar-refractivity contribution in [2.45, 2.75) is 151 Å². The van der Waals surface area contributed by atoms with Crippen LogP contribution in [-0.2, 0) is 57.1 Å². The average molecular weight is 1020 g/mol. The molecule has 3 unspecified atom stereocenters. The number of rotatable bonds is 11. The van der Waals surface area contributed by atoms with Crippen LogP contribution in [0.1, 0.15) is 77.7 Å². The molecule has 1 aromatic rings. The third-order valence-electron chi connectivity index (χ3n) is 14.0. The Morgan fingerprint density at radius 2 is 1.68 bits per heavy atom. The van der Waals surface area contributed by atoms with E-state index in [1.165, 1.54) is 14.2 Å². The molecule has 71 heavy (non-hydrogen) atoms. The molecule has 0 saturated carbocycles. The van der Waals surface area contributed by atoms with Crippen molar-refractivity contribution in [2.24, 2.45) is 28.8 Å². The Morgan fingerprint density at radius 1 is 0.915 bits per heavy atom. The molecule has 4 fully saturated rings. The van der Waals surface area contributed by atoms with Crippen molar-refractivity contribution in [2.75, 3.05) is 68.0 Å². The van der Waals surface area contributed by atoms with E-state index in [2.05, 4.69) is 22.0 Å².